The molecule has 54 valence electrons. The van der Waals surface area contributed by atoms with Gasteiger partial charge in [0.25, 0.3) is 5.56 Å². The van der Waals surface area contributed by atoms with Crippen LogP contribution in [0.15, 0.2) is 15.6 Å². The molecule has 0 atom stereocenters. The molecule has 0 radical (unpaired) electrons. The van der Waals surface area contributed by atoms with Crippen LogP contribution in [0.5, 0.6) is 0 Å². The average molecular weight is 223 g/mol. The molecule has 1 aromatic rings. The molecule has 0 aliphatic heterocycles. The Hall–Kier alpha value is -0.350. The highest BCUT2D eigenvalue weighted by molar-refractivity contribution is 9.10. The van der Waals surface area contributed by atoms with E-state index in [4.69, 9.17) is 11.6 Å². The quantitative estimate of drug-likeness (QED) is 0.662. The Bertz CT molecular complexity index is 283. The van der Waals surface area contributed by atoms with Crippen molar-refractivity contribution >= 4 is 27.5 Å². The van der Waals surface area contributed by atoms with Crippen molar-refractivity contribution in [3.8, 4) is 0 Å². The minimum absolute atomic E-state index is 0.190. The summed E-state index contributed by atoms with van der Waals surface area (Å²) in [7, 11) is 1.61. The summed E-state index contributed by atoms with van der Waals surface area (Å²) in [5.74, 6) is 0. The van der Waals surface area contributed by atoms with E-state index in [1.807, 2.05) is 0 Å². The number of halogens is 2. The number of nitrogens with zero attached hydrogens (tertiary/aromatic N) is 2. The Morgan fingerprint density at radius 3 is 2.90 bits per heavy atom. The van der Waals surface area contributed by atoms with Gasteiger partial charge in [-0.15, -0.1) is 0 Å². The van der Waals surface area contributed by atoms with Gasteiger partial charge in [0.15, 0.2) is 4.60 Å². The fraction of sp³-hybridized carbons (Fsp3) is 0.200. The number of rotatable bonds is 0. The van der Waals surface area contributed by atoms with Crippen molar-refractivity contribution in [2.24, 2.45) is 7.05 Å². The first kappa shape index (κ1) is 7.75. The van der Waals surface area contributed by atoms with E-state index < -0.39 is 0 Å². The predicted molar refractivity (Wildman–Crippen MR) is 42.2 cm³/mol. The summed E-state index contributed by atoms with van der Waals surface area (Å²) < 4.78 is 1.60. The number of aryl methyl sites for hydroxylation is 1. The Morgan fingerprint density at radius 1 is 1.80 bits per heavy atom. The molecular weight excluding hydrogens is 219 g/mol. The third-order valence-electron chi connectivity index (χ3n) is 1.00. The maximum atomic E-state index is 10.9. The molecular formula is C5H4BrClN2O. The molecule has 1 aromatic heterocycles. The fourth-order valence-corrected chi connectivity index (χ4v) is 1.34. The normalized spacial score (nSPS) is 9.90. The first-order chi connectivity index (χ1) is 4.61. The van der Waals surface area contributed by atoms with Crippen molar-refractivity contribution in [2.75, 3.05) is 0 Å². The second-order valence-corrected chi connectivity index (χ2v) is 2.91. The molecule has 5 heteroatoms. The number of aromatic nitrogens is 2. The highest BCUT2D eigenvalue weighted by atomic mass is 79.9. The van der Waals surface area contributed by atoms with Crippen LogP contribution in [0.1, 0.15) is 0 Å². The van der Waals surface area contributed by atoms with Gasteiger partial charge in [0, 0.05) is 13.2 Å². The highest BCUT2D eigenvalue weighted by Crippen LogP contribution is 2.04. The maximum Gasteiger partial charge on any atom is 0.283 e. The monoisotopic (exact) mass is 222 g/mol. The summed E-state index contributed by atoms with van der Waals surface area (Å²) in [5.41, 5.74) is -0.190. The van der Waals surface area contributed by atoms with Gasteiger partial charge in [0.1, 0.15) is 5.15 Å². The van der Waals surface area contributed by atoms with E-state index >= 15 is 0 Å². The number of hydrogen-bond acceptors (Lipinski definition) is 2. The minimum Gasteiger partial charge on any atom is -0.313 e. The zero-order chi connectivity index (χ0) is 7.72. The third-order valence-corrected chi connectivity index (χ3v) is 1.70. The van der Waals surface area contributed by atoms with Crippen molar-refractivity contribution in [1.82, 2.24) is 9.55 Å². The second kappa shape index (κ2) is 2.72. The molecule has 1 heterocycles. The van der Waals surface area contributed by atoms with Gasteiger partial charge in [-0.3, -0.25) is 4.79 Å². The van der Waals surface area contributed by atoms with Gasteiger partial charge in [0.2, 0.25) is 0 Å². The minimum atomic E-state index is -0.190. The van der Waals surface area contributed by atoms with Gasteiger partial charge in [-0.1, -0.05) is 11.6 Å². The molecule has 3 nitrogen and oxygen atoms in total. The Labute approximate surface area is 70.8 Å². The van der Waals surface area contributed by atoms with E-state index in [2.05, 4.69) is 20.9 Å². The van der Waals surface area contributed by atoms with Crippen molar-refractivity contribution in [2.45, 2.75) is 0 Å². The van der Waals surface area contributed by atoms with E-state index in [1.54, 1.807) is 7.05 Å². The van der Waals surface area contributed by atoms with E-state index in [1.165, 1.54) is 10.8 Å². The largest absolute Gasteiger partial charge is 0.313 e. The van der Waals surface area contributed by atoms with Gasteiger partial charge in [-0.2, -0.15) is 0 Å². The van der Waals surface area contributed by atoms with Crippen molar-refractivity contribution in [1.29, 1.82) is 0 Å². The molecule has 0 aliphatic rings. The summed E-state index contributed by atoms with van der Waals surface area (Å²) in [5, 5.41) is 0.300. The molecule has 0 saturated heterocycles. The fourth-order valence-electron chi connectivity index (χ4n) is 0.534. The highest BCUT2D eigenvalue weighted by Gasteiger charge is 1.99. The van der Waals surface area contributed by atoms with Crippen molar-refractivity contribution in [3.05, 3.63) is 26.3 Å². The third kappa shape index (κ3) is 1.38. The van der Waals surface area contributed by atoms with Crippen LogP contribution >= 0.6 is 27.5 Å². The SMILES string of the molecule is Cn1cc(Cl)nc(Br)c1=O. The van der Waals surface area contributed by atoms with Gasteiger partial charge < -0.3 is 4.57 Å². The summed E-state index contributed by atoms with van der Waals surface area (Å²) >= 11 is 8.49. The summed E-state index contributed by atoms with van der Waals surface area (Å²) in [4.78, 5) is 14.6. The van der Waals surface area contributed by atoms with Gasteiger partial charge in [-0.05, 0) is 15.9 Å². The molecule has 0 aromatic carbocycles. The first-order valence-electron chi connectivity index (χ1n) is 2.50. The van der Waals surface area contributed by atoms with E-state index in [-0.39, 0.29) is 10.2 Å². The zero-order valence-corrected chi connectivity index (χ0v) is 7.48. The maximum absolute atomic E-state index is 10.9. The van der Waals surface area contributed by atoms with Gasteiger partial charge in [-0.25, -0.2) is 4.98 Å². The molecule has 0 aliphatic carbocycles. The molecule has 0 amide bonds. The lowest BCUT2D eigenvalue weighted by atomic mass is 10.7. The molecule has 10 heavy (non-hydrogen) atoms. The standard InChI is InChI=1S/C5H4BrClN2O/c1-9-2-3(7)8-4(6)5(9)10/h2H,1H3. The lowest BCUT2D eigenvalue weighted by Crippen LogP contribution is -2.17. The van der Waals surface area contributed by atoms with E-state index in [0.29, 0.717) is 5.15 Å². The summed E-state index contributed by atoms with van der Waals surface area (Å²) in [6.07, 6.45) is 1.45. The topological polar surface area (TPSA) is 34.9 Å². The molecule has 0 fully saturated rings. The molecule has 0 unspecified atom stereocenters. The molecule has 0 N–H and O–H groups in total. The van der Waals surface area contributed by atoms with Crippen LogP contribution in [-0.4, -0.2) is 9.55 Å². The lowest BCUT2D eigenvalue weighted by molar-refractivity contribution is 0.830. The van der Waals surface area contributed by atoms with Crippen LogP contribution in [0.2, 0.25) is 5.15 Å². The van der Waals surface area contributed by atoms with Gasteiger partial charge >= 0.3 is 0 Å². The Kier molecular flexibility index (Phi) is 2.11. The van der Waals surface area contributed by atoms with Crippen LogP contribution < -0.4 is 5.56 Å². The summed E-state index contributed by atoms with van der Waals surface area (Å²) in [6, 6.07) is 0. The van der Waals surface area contributed by atoms with E-state index in [0.717, 1.165) is 0 Å². The zero-order valence-electron chi connectivity index (χ0n) is 5.14. The molecule has 0 saturated carbocycles. The molecule has 1 rings (SSSR count). The van der Waals surface area contributed by atoms with Crippen molar-refractivity contribution < 1.29 is 0 Å². The summed E-state index contributed by atoms with van der Waals surface area (Å²) in [6.45, 7) is 0. The van der Waals surface area contributed by atoms with Crippen LogP contribution in [0.25, 0.3) is 0 Å². The first-order valence-corrected chi connectivity index (χ1v) is 3.67. The Balaban J connectivity index is 3.46. The van der Waals surface area contributed by atoms with Crippen LogP contribution in [-0.2, 0) is 7.05 Å². The lowest BCUT2D eigenvalue weighted by Gasteiger charge is -1.96. The number of hydrogen-bond donors (Lipinski definition) is 0. The van der Waals surface area contributed by atoms with E-state index in [9.17, 15) is 4.79 Å². The molecule has 0 bridgehead atoms. The Morgan fingerprint density at radius 2 is 2.40 bits per heavy atom. The van der Waals surface area contributed by atoms with Crippen LogP contribution in [0, 0.1) is 0 Å². The van der Waals surface area contributed by atoms with Crippen LogP contribution in [0.3, 0.4) is 0 Å². The van der Waals surface area contributed by atoms with Crippen LogP contribution in [0.4, 0.5) is 0 Å². The van der Waals surface area contributed by atoms with Gasteiger partial charge in [0.05, 0.1) is 0 Å². The smallest absolute Gasteiger partial charge is 0.283 e. The average Bonchev–Trinajstić information content (AvgIpc) is 1.82. The second-order valence-electron chi connectivity index (χ2n) is 1.77. The predicted octanol–water partition coefficient (Wildman–Crippen LogP) is 1.20. The molecule has 0 spiro atoms. The van der Waals surface area contributed by atoms with Crippen molar-refractivity contribution in [3.63, 3.8) is 0 Å².